The van der Waals surface area contributed by atoms with E-state index in [4.69, 9.17) is 44.9 Å². The number of aromatic amines is 2. The largest absolute Gasteiger partial charge is 0.394 e. The predicted molar refractivity (Wildman–Crippen MR) is 428 cm³/mol. The smallest absolute Gasteiger partial charge is 0.245 e. The molecule has 31 N–H and O–H groups in total. The van der Waals surface area contributed by atoms with Gasteiger partial charge < -0.3 is 123 Å². The lowest BCUT2D eigenvalue weighted by Crippen LogP contribution is -2.61. The number of amides is 14. The fourth-order valence-corrected chi connectivity index (χ4v) is 13.3. The topological polar surface area (TPSA) is 673 Å². The van der Waals surface area contributed by atoms with Gasteiger partial charge in [-0.3, -0.25) is 83.4 Å². The van der Waals surface area contributed by atoms with Gasteiger partial charge in [0.05, 0.1) is 25.3 Å². The van der Waals surface area contributed by atoms with Crippen LogP contribution in [0.3, 0.4) is 0 Å². The minimum atomic E-state index is -1.89. The third-order valence-electron chi connectivity index (χ3n) is 18.8. The number of aliphatic hydroxyl groups is 1. The number of nitrogens with two attached hydrogens (primary N) is 5. The molecule has 14 amide bonds. The van der Waals surface area contributed by atoms with E-state index in [1.807, 2.05) is 0 Å². The second kappa shape index (κ2) is 45.8. The molecule has 40 nitrogen and oxygen atoms in total. The van der Waals surface area contributed by atoms with Crippen molar-refractivity contribution in [2.45, 2.75) is 165 Å². The van der Waals surface area contributed by atoms with Gasteiger partial charge in [-0.05, 0) is 79.2 Å². The van der Waals surface area contributed by atoms with Gasteiger partial charge in [-0.2, -0.15) is 0 Å². The molecule has 1 fully saturated rings. The van der Waals surface area contributed by atoms with Gasteiger partial charge in [0.25, 0.3) is 0 Å². The summed E-state index contributed by atoms with van der Waals surface area (Å²) in [5, 5.41) is 73.7. The highest BCUT2D eigenvalue weighted by molar-refractivity contribution is 8.00. The Morgan fingerprint density at radius 3 is 1.35 bits per heavy atom. The van der Waals surface area contributed by atoms with E-state index < -0.39 is 204 Å². The van der Waals surface area contributed by atoms with Crippen LogP contribution in [0.4, 0.5) is 0 Å². The Labute approximate surface area is 666 Å². The number of nitrogens with one attached hydrogen (secondary N) is 20. The van der Waals surface area contributed by atoms with Crippen LogP contribution >= 0.6 is 11.8 Å². The van der Waals surface area contributed by atoms with Gasteiger partial charge in [0.2, 0.25) is 82.7 Å². The average molecular weight is 1620 g/mol. The van der Waals surface area contributed by atoms with Crippen LogP contribution in [-0.2, 0) is 86.4 Å². The molecule has 0 saturated carbocycles. The maximum Gasteiger partial charge on any atom is 0.245 e. The number of primary amides is 2. The molecule has 0 spiro atoms. The second-order valence-corrected chi connectivity index (χ2v) is 29.1. The lowest BCUT2D eigenvalue weighted by molar-refractivity contribution is -0.137. The van der Waals surface area contributed by atoms with Crippen molar-refractivity contribution in [1.82, 2.24) is 89.7 Å². The first kappa shape index (κ1) is 91.3. The van der Waals surface area contributed by atoms with Crippen molar-refractivity contribution in [2.75, 3.05) is 44.3 Å². The number of fused-ring (bicyclic) bond motifs is 2. The zero-order valence-electron chi connectivity index (χ0n) is 64.4. The Balaban J connectivity index is 1.44. The van der Waals surface area contributed by atoms with E-state index in [0.29, 0.717) is 38.5 Å². The van der Waals surface area contributed by atoms with Gasteiger partial charge in [0, 0.05) is 78.8 Å². The van der Waals surface area contributed by atoms with E-state index in [1.165, 1.54) is 0 Å². The van der Waals surface area contributed by atoms with Crippen LogP contribution in [0.5, 0.6) is 0 Å². The number of carbonyl (C=O) groups excluding carboxylic acids is 14. The quantitative estimate of drug-likeness (QED) is 0.0147. The first-order valence-electron chi connectivity index (χ1n) is 37.5. The molecule has 0 unspecified atom stereocenters. The average Bonchev–Trinajstić information content (AvgIpc) is 1.69. The molecule has 3 heterocycles. The third kappa shape index (κ3) is 29.8. The van der Waals surface area contributed by atoms with E-state index in [0.717, 1.165) is 11.8 Å². The lowest BCUT2D eigenvalue weighted by Gasteiger charge is -2.29. The maximum absolute atomic E-state index is 15.2. The molecule has 12 atom stereocenters. The third-order valence-corrected chi connectivity index (χ3v) is 19.8. The Morgan fingerprint density at radius 2 is 0.870 bits per heavy atom. The number of rotatable bonds is 25. The summed E-state index contributed by atoms with van der Waals surface area (Å²) < 4.78 is 0. The standard InChI is InChI=1S/C74H107N25O15S/c1-5-39(4)60-71(114)96-54(35-100)62(105)88-34-57(102)89-47(22-13-25-83-72(77)78)63(106)95-53(31-56(75)101)67(110)94-52(30-42-33-87-46-21-12-10-19-44(42)46)69(112)98-59(38(2)3)70(113)92-49(24-15-27-85-74(81)82)64(107)93-51(29-41-32-86-45-20-11-9-18-43(41)45)66(109)91-48(23-14-26-84-73(79)80)65(108)97-55(61(76)104)36-115-37-58(103)90-50(68(111)99-60)28-40-16-7-6-8-17-40/h6-12,16-21,32-33,38-39,47-55,59-60,86-87,100H,5,13-15,22-31,34-37H2,1-4H3,(H2,75,101)(H2,76,104)(H,88,105)(H,89,102)(H,90,103)(H,91,109)(H,92,113)(H,93,107)(H,94,110)(H,95,106)(H,96,114)(H,97,108)(H,98,112)(H,99,111)(H4,77,78,83)(H4,79,80,84)(H4,81,82,85)/t39-,47-,48-,49-,50+,51-,52-,53-,54-,55-,59-,60-/m0/s1. The van der Waals surface area contributed by atoms with Crippen LogP contribution in [-0.4, -0.2) is 226 Å². The number of H-pyrrole nitrogens is 2. The summed E-state index contributed by atoms with van der Waals surface area (Å²) in [5.41, 5.74) is 31.1. The maximum atomic E-state index is 15.2. The van der Waals surface area contributed by atoms with Gasteiger partial charge in [0.1, 0.15) is 66.5 Å². The monoisotopic (exact) mass is 1620 g/mol. The van der Waals surface area contributed by atoms with Crippen molar-refractivity contribution in [3.05, 3.63) is 108 Å². The van der Waals surface area contributed by atoms with Gasteiger partial charge >= 0.3 is 0 Å². The zero-order chi connectivity index (χ0) is 84.4. The van der Waals surface area contributed by atoms with E-state index in [1.54, 1.807) is 119 Å². The Hall–Kier alpha value is -12.6. The summed E-state index contributed by atoms with van der Waals surface area (Å²) in [6, 6.07) is 4.91. The minimum Gasteiger partial charge on any atom is -0.394 e. The summed E-state index contributed by atoms with van der Waals surface area (Å²) in [6.07, 6.45) is 1.26. The van der Waals surface area contributed by atoms with Crippen molar-refractivity contribution in [2.24, 2.45) is 40.5 Å². The molecular weight excluding hydrogens is 1510 g/mol. The molecule has 41 heteroatoms. The number of carbonyl (C=O) groups is 14. The molecule has 0 aliphatic carbocycles. The highest BCUT2D eigenvalue weighted by Crippen LogP contribution is 2.23. The van der Waals surface area contributed by atoms with Crippen molar-refractivity contribution in [3.8, 4) is 0 Å². The SMILES string of the molecule is CC[C@H](C)[C@@H]1NC(=O)[C@@H](Cc2ccccc2)NC(=O)CSC[C@@H](C(N)=O)NC(=O)[C@H](CCCNC(=N)N)NC(=O)[C@H](Cc2c[nH]c3ccccc23)NC(=O)[C@H](CCCNC(=N)N)NC(=O)[C@H](C(C)C)NC(=O)[C@H](Cc2c[nH]c3ccccc23)NC(=O)[C@H](CC(N)=O)NC(=O)[C@H](CCCNC(=N)N)NC(=O)CNC(=O)[C@H](CO)NC1=O. The first-order chi connectivity index (χ1) is 54.7. The molecular formula is C74H107N25O15S. The molecule has 624 valence electrons. The number of aliphatic hydroxyl groups excluding tert-OH is 1. The number of benzene rings is 3. The summed E-state index contributed by atoms with van der Waals surface area (Å²) in [7, 11) is 0. The van der Waals surface area contributed by atoms with Gasteiger partial charge in [-0.1, -0.05) is 101 Å². The first-order valence-corrected chi connectivity index (χ1v) is 38.6. The highest BCUT2D eigenvalue weighted by atomic mass is 32.2. The van der Waals surface area contributed by atoms with Crippen LogP contribution in [0.2, 0.25) is 0 Å². The van der Waals surface area contributed by atoms with Gasteiger partial charge in [-0.25, -0.2) is 0 Å². The zero-order valence-corrected chi connectivity index (χ0v) is 65.2. The number of thioether (sulfide) groups is 1. The van der Waals surface area contributed by atoms with E-state index in [-0.39, 0.29) is 89.6 Å². The summed E-state index contributed by atoms with van der Waals surface area (Å²) in [6.45, 7) is 4.46. The molecule has 0 bridgehead atoms. The number of hydrogen-bond acceptors (Lipinski definition) is 19. The predicted octanol–water partition coefficient (Wildman–Crippen LogP) is -5.28. The molecule has 5 aromatic rings. The second-order valence-electron chi connectivity index (χ2n) is 28.0. The van der Waals surface area contributed by atoms with Crippen LogP contribution < -0.4 is 108 Å². The molecule has 1 saturated heterocycles. The van der Waals surface area contributed by atoms with Gasteiger partial charge in [-0.15, -0.1) is 11.8 Å². The Morgan fingerprint density at radius 1 is 0.470 bits per heavy atom. The molecule has 3 aromatic carbocycles. The van der Waals surface area contributed by atoms with Crippen molar-refractivity contribution in [3.63, 3.8) is 0 Å². The molecule has 2 aromatic heterocycles. The molecule has 6 rings (SSSR count). The number of guanidine groups is 3. The van der Waals surface area contributed by atoms with Crippen LogP contribution in [0, 0.1) is 28.1 Å². The Kier molecular flexibility index (Phi) is 36.4. The number of aromatic nitrogens is 2. The number of para-hydroxylation sites is 2. The summed E-state index contributed by atoms with van der Waals surface area (Å²) in [5.74, 6) is -17.6. The molecule has 115 heavy (non-hydrogen) atoms. The summed E-state index contributed by atoms with van der Waals surface area (Å²) in [4.78, 5) is 207. The molecule has 1 aliphatic heterocycles. The fraction of sp³-hybridized carbons (Fsp3) is 0.473. The number of hydrogen-bond donors (Lipinski definition) is 26. The van der Waals surface area contributed by atoms with Crippen molar-refractivity contribution < 1.29 is 72.2 Å². The van der Waals surface area contributed by atoms with E-state index >= 15 is 19.2 Å². The van der Waals surface area contributed by atoms with Gasteiger partial charge in [0.15, 0.2) is 17.9 Å². The van der Waals surface area contributed by atoms with Crippen molar-refractivity contribution in [1.29, 1.82) is 16.2 Å². The van der Waals surface area contributed by atoms with Crippen molar-refractivity contribution >= 4 is 134 Å². The molecule has 0 radical (unpaired) electrons. The van der Waals surface area contributed by atoms with Crippen LogP contribution in [0.25, 0.3) is 21.8 Å². The van der Waals surface area contributed by atoms with Crippen LogP contribution in [0.1, 0.15) is 95.8 Å². The van der Waals surface area contributed by atoms with Crippen LogP contribution in [0.15, 0.2) is 91.3 Å². The minimum absolute atomic E-state index is 0.00658. The van der Waals surface area contributed by atoms with E-state index in [9.17, 15) is 53.1 Å². The normalized spacial score (nSPS) is 22.6. The van der Waals surface area contributed by atoms with E-state index in [2.05, 4.69) is 89.7 Å². The summed E-state index contributed by atoms with van der Waals surface area (Å²) >= 11 is 0.820. The lowest BCUT2D eigenvalue weighted by atomic mass is 9.96. The fourth-order valence-electron chi connectivity index (χ4n) is 12.4. The highest BCUT2D eigenvalue weighted by Gasteiger charge is 2.39. The Bertz CT molecular complexity index is 4270. The molecule has 1 aliphatic rings.